The zero-order chi connectivity index (χ0) is 45.6. The van der Waals surface area contributed by atoms with Crippen LogP contribution in [0.2, 0.25) is 0 Å². The average molecular weight is 868 g/mol. The number of benzene rings is 5. The number of nitrogens with zero attached hydrogens (tertiary/aromatic N) is 5. The van der Waals surface area contributed by atoms with E-state index in [2.05, 4.69) is 201 Å². The van der Waals surface area contributed by atoms with Gasteiger partial charge in [0, 0.05) is 44.3 Å². The van der Waals surface area contributed by atoms with Gasteiger partial charge in [-0.25, -0.2) is 4.98 Å². The zero-order valence-electron chi connectivity index (χ0n) is 38.5. The van der Waals surface area contributed by atoms with E-state index < -0.39 is 0 Å². The minimum absolute atomic E-state index is 0.226. The molecule has 5 aromatic carbocycles. The molecule has 7 aromatic rings. The van der Waals surface area contributed by atoms with Gasteiger partial charge in [-0.3, -0.25) is 0 Å². The Kier molecular flexibility index (Phi) is 10.7. The highest BCUT2D eigenvalue weighted by Gasteiger charge is 2.39. The van der Waals surface area contributed by atoms with Gasteiger partial charge in [-0.15, -0.1) is 0 Å². The maximum absolute atomic E-state index is 5.56. The van der Waals surface area contributed by atoms with Crippen LogP contribution in [-0.4, -0.2) is 19.5 Å². The Bertz CT molecular complexity index is 3400. The molecule has 5 heteroatoms. The molecule has 11 rings (SSSR count). The maximum Gasteiger partial charge on any atom is 0.234 e. The molecule has 2 aromatic heterocycles. The number of hydrogen-bond donors (Lipinski definition) is 0. The molecule has 0 unspecified atom stereocenters. The lowest BCUT2D eigenvalue weighted by atomic mass is 9.81. The minimum Gasteiger partial charge on any atom is -0.311 e. The van der Waals surface area contributed by atoms with Gasteiger partial charge in [0.1, 0.15) is 0 Å². The van der Waals surface area contributed by atoms with Crippen molar-refractivity contribution in [1.82, 2.24) is 19.5 Å². The van der Waals surface area contributed by atoms with Crippen molar-refractivity contribution in [3.05, 3.63) is 240 Å². The van der Waals surface area contributed by atoms with Crippen LogP contribution in [0, 0.1) is 0 Å². The molecular formula is C62H53N5. The van der Waals surface area contributed by atoms with E-state index >= 15 is 0 Å². The number of hydrogen-bond acceptors (Lipinski definition) is 4. The van der Waals surface area contributed by atoms with Gasteiger partial charge in [-0.05, 0) is 89.3 Å². The van der Waals surface area contributed by atoms with E-state index in [1.165, 1.54) is 50.1 Å². The lowest BCUT2D eigenvalue weighted by Gasteiger charge is -2.28. The van der Waals surface area contributed by atoms with Crippen LogP contribution in [0.5, 0.6) is 0 Å². The second-order valence-corrected chi connectivity index (χ2v) is 18.2. The van der Waals surface area contributed by atoms with E-state index in [9.17, 15) is 0 Å². The SMILES string of the molecule is C=C/C(=C1\C(=C/C)C(C)(C)c2ccccc21)c1nc(-c2ccccc2)nc(N2Cc3c(c4ccccc4n3C3=CCCC=C3c3ccccc3C3=CCCC=C3)/C=C\C(=C)c3ccccc32)n1. The van der Waals surface area contributed by atoms with Gasteiger partial charge >= 0.3 is 0 Å². The lowest BCUT2D eigenvalue weighted by molar-refractivity contribution is 0.660. The normalized spacial score (nSPS) is 18.2. The van der Waals surface area contributed by atoms with E-state index in [4.69, 9.17) is 15.0 Å². The Morgan fingerprint density at radius 3 is 2.16 bits per heavy atom. The van der Waals surface area contributed by atoms with E-state index in [0.29, 0.717) is 24.1 Å². The summed E-state index contributed by atoms with van der Waals surface area (Å²) in [6.45, 7) is 16.3. The fourth-order valence-corrected chi connectivity index (χ4v) is 10.8. The number of anilines is 2. The topological polar surface area (TPSA) is 46.8 Å². The quantitative estimate of drug-likeness (QED) is 0.160. The van der Waals surface area contributed by atoms with Gasteiger partial charge in [-0.2, -0.15) is 9.97 Å². The van der Waals surface area contributed by atoms with Gasteiger partial charge in [0.15, 0.2) is 11.6 Å². The van der Waals surface area contributed by atoms with Crippen LogP contribution in [0.1, 0.15) is 91.4 Å². The van der Waals surface area contributed by atoms with Crippen molar-refractivity contribution in [3.8, 4) is 11.4 Å². The highest BCUT2D eigenvalue weighted by molar-refractivity contribution is 6.08. The van der Waals surface area contributed by atoms with Crippen LogP contribution in [0.25, 0.3) is 61.9 Å². The predicted molar refractivity (Wildman–Crippen MR) is 282 cm³/mol. The van der Waals surface area contributed by atoms with Crippen molar-refractivity contribution in [1.29, 1.82) is 0 Å². The zero-order valence-corrected chi connectivity index (χ0v) is 38.5. The van der Waals surface area contributed by atoms with E-state index in [0.717, 1.165) is 76.0 Å². The fourth-order valence-electron chi connectivity index (χ4n) is 10.8. The largest absolute Gasteiger partial charge is 0.311 e. The molecule has 4 aliphatic rings. The van der Waals surface area contributed by atoms with E-state index in [1.807, 2.05) is 24.3 Å². The molecule has 0 N–H and O–H groups in total. The molecule has 3 heterocycles. The molecule has 5 nitrogen and oxygen atoms in total. The number of fused-ring (bicyclic) bond motifs is 5. The van der Waals surface area contributed by atoms with Gasteiger partial charge in [0.05, 0.1) is 23.4 Å². The lowest BCUT2D eigenvalue weighted by Crippen LogP contribution is -2.24. The Labute approximate surface area is 394 Å². The van der Waals surface area contributed by atoms with E-state index in [-0.39, 0.29) is 5.41 Å². The smallest absolute Gasteiger partial charge is 0.234 e. The predicted octanol–water partition coefficient (Wildman–Crippen LogP) is 15.7. The summed E-state index contributed by atoms with van der Waals surface area (Å²) < 4.78 is 2.51. The van der Waals surface area contributed by atoms with Gasteiger partial charge < -0.3 is 9.47 Å². The highest BCUT2D eigenvalue weighted by Crippen LogP contribution is 2.52. The first kappa shape index (κ1) is 41.8. The van der Waals surface area contributed by atoms with Crippen LogP contribution >= 0.6 is 0 Å². The van der Waals surface area contributed by atoms with Crippen molar-refractivity contribution in [2.75, 3.05) is 4.90 Å². The molecule has 0 radical (unpaired) electrons. The fraction of sp³-hybridized carbons (Fsp3) is 0.145. The molecule has 0 saturated heterocycles. The Hall–Kier alpha value is -7.89. The molecular weight excluding hydrogens is 815 g/mol. The molecule has 0 saturated carbocycles. The first-order chi connectivity index (χ1) is 32.9. The van der Waals surface area contributed by atoms with Crippen molar-refractivity contribution >= 4 is 62.2 Å². The summed E-state index contributed by atoms with van der Waals surface area (Å²) in [5.41, 5.74) is 18.8. The first-order valence-electron chi connectivity index (χ1n) is 23.5. The van der Waals surface area contributed by atoms with Gasteiger partial charge in [0.25, 0.3) is 0 Å². The van der Waals surface area contributed by atoms with Crippen LogP contribution < -0.4 is 4.90 Å². The van der Waals surface area contributed by atoms with Crippen LogP contribution in [0.15, 0.2) is 195 Å². The standard InChI is InChI=1S/C62H53N5/c1-6-44(58-51-33-16-20-34-53(51)62(4,5)52(58)7-2)60-63-59(43-26-12-9-13-27-43)64-61(65-60)66-40-57-50(39-38-41(3)45-28-17-21-35-54(45)66)49-32-19-23-37-56(49)67(57)55-36-22-18-31-48(55)47-30-15-14-29-46(47)42-24-10-8-11-25-42/h6-7,9-10,12-17,19-21,23-39H,1,3,8,11,18,22,40H2,2,4-5H3/b39-38-,52-7+,58-44+. The Morgan fingerprint density at radius 2 is 1.37 bits per heavy atom. The van der Waals surface area contributed by atoms with Gasteiger partial charge in [0.2, 0.25) is 5.95 Å². The summed E-state index contributed by atoms with van der Waals surface area (Å²) in [6, 6.07) is 45.2. The van der Waals surface area contributed by atoms with Crippen LogP contribution in [0.3, 0.4) is 0 Å². The summed E-state index contributed by atoms with van der Waals surface area (Å²) in [4.78, 5) is 18.6. The summed E-state index contributed by atoms with van der Waals surface area (Å²) in [5, 5.41) is 1.17. The number of allylic oxidation sites excluding steroid dienone is 15. The summed E-state index contributed by atoms with van der Waals surface area (Å²) in [7, 11) is 0. The molecule has 0 spiro atoms. The van der Waals surface area contributed by atoms with Crippen molar-refractivity contribution in [3.63, 3.8) is 0 Å². The Balaban J connectivity index is 1.17. The molecule has 1 aliphatic heterocycles. The maximum atomic E-state index is 5.56. The van der Waals surface area contributed by atoms with Gasteiger partial charge in [-0.1, -0.05) is 197 Å². The third-order valence-corrected chi connectivity index (χ3v) is 13.9. The number of para-hydroxylation sites is 2. The highest BCUT2D eigenvalue weighted by atomic mass is 15.3. The molecule has 67 heavy (non-hydrogen) atoms. The average Bonchev–Trinajstić information content (AvgIpc) is 3.83. The first-order valence-corrected chi connectivity index (χ1v) is 23.5. The molecule has 0 fully saturated rings. The third-order valence-electron chi connectivity index (χ3n) is 13.9. The number of rotatable bonds is 7. The summed E-state index contributed by atoms with van der Waals surface area (Å²) >= 11 is 0. The molecule has 3 aliphatic carbocycles. The second-order valence-electron chi connectivity index (χ2n) is 18.2. The minimum atomic E-state index is -0.226. The Morgan fingerprint density at radius 1 is 0.672 bits per heavy atom. The van der Waals surface area contributed by atoms with Crippen LogP contribution in [-0.2, 0) is 12.0 Å². The second kappa shape index (κ2) is 17.2. The van der Waals surface area contributed by atoms with Crippen LogP contribution in [0.4, 0.5) is 11.6 Å². The van der Waals surface area contributed by atoms with Crippen molar-refractivity contribution in [2.45, 2.75) is 58.4 Å². The van der Waals surface area contributed by atoms with Crippen molar-refractivity contribution in [2.24, 2.45) is 0 Å². The molecule has 0 atom stereocenters. The molecule has 326 valence electrons. The van der Waals surface area contributed by atoms with Crippen molar-refractivity contribution < 1.29 is 0 Å². The monoisotopic (exact) mass is 867 g/mol. The molecule has 0 bridgehead atoms. The van der Waals surface area contributed by atoms with E-state index in [1.54, 1.807) is 0 Å². The summed E-state index contributed by atoms with van der Waals surface area (Å²) in [5.74, 6) is 1.70. The molecule has 0 amide bonds. The third kappa shape index (κ3) is 7.14. The number of aromatic nitrogens is 4. The summed E-state index contributed by atoms with van der Waals surface area (Å²) in [6.07, 6.45) is 24.5.